The van der Waals surface area contributed by atoms with Gasteiger partial charge in [-0.15, -0.1) is 0 Å². The van der Waals surface area contributed by atoms with Crippen LogP contribution in [0, 0.1) is 0 Å². The molecule has 55 heavy (non-hydrogen) atoms. The van der Waals surface area contributed by atoms with E-state index in [0.717, 1.165) is 12.8 Å². The zero-order valence-corrected chi connectivity index (χ0v) is 31.1. The molecule has 0 saturated heterocycles. The Bertz CT molecular complexity index is 2960. The first-order chi connectivity index (χ1) is 27.2. The van der Waals surface area contributed by atoms with Crippen LogP contribution in [0.2, 0.25) is 0 Å². The van der Waals surface area contributed by atoms with Crippen LogP contribution in [0.3, 0.4) is 0 Å². The number of rotatable bonds is 6. The van der Waals surface area contributed by atoms with E-state index in [2.05, 4.69) is 205 Å². The molecule has 0 saturated carbocycles. The molecule has 0 N–H and O–H groups in total. The zero-order valence-electron chi connectivity index (χ0n) is 30.3. The van der Waals surface area contributed by atoms with Gasteiger partial charge in [0.05, 0.1) is 11.0 Å². The van der Waals surface area contributed by atoms with Gasteiger partial charge in [0.25, 0.3) is 0 Å². The maximum absolute atomic E-state index is 2.39. The number of hydrogen-bond acceptors (Lipinski definition) is 1. The zero-order chi connectivity index (χ0) is 36.3. The van der Waals surface area contributed by atoms with Gasteiger partial charge in [-0.3, -0.25) is 0 Å². The summed E-state index contributed by atoms with van der Waals surface area (Å²) < 4.78 is 2.38. The lowest BCUT2D eigenvalue weighted by Crippen LogP contribution is -2.36. The van der Waals surface area contributed by atoms with Gasteiger partial charge in [-0.25, -0.2) is 0 Å². The number of hydrogen-bond donors (Lipinski definition) is 0. The highest BCUT2D eigenvalue weighted by Crippen LogP contribution is 2.56. The van der Waals surface area contributed by atoms with Crippen molar-refractivity contribution >= 4 is 55.1 Å². The maximum Gasteiger partial charge on any atom is 0.0541 e. The molecule has 0 fully saturated rings. The molecule has 1 nitrogen and oxygen atoms in total. The summed E-state index contributed by atoms with van der Waals surface area (Å²) in [6.07, 6.45) is 1.79. The number of aromatic nitrogens is 1. The predicted octanol–water partition coefficient (Wildman–Crippen LogP) is 14.0. The summed E-state index contributed by atoms with van der Waals surface area (Å²) in [5.41, 5.74) is 11.4. The summed E-state index contributed by atoms with van der Waals surface area (Å²) in [7, 11) is 0. The van der Waals surface area contributed by atoms with Crippen molar-refractivity contribution in [1.29, 1.82) is 0 Å². The first kappa shape index (κ1) is 32.1. The lowest BCUT2D eigenvalue weighted by Gasteiger charge is -2.43. The molecule has 10 aromatic rings. The number of nitrogens with zero attached hydrogens (tertiary/aromatic N) is 1. The van der Waals surface area contributed by atoms with Crippen LogP contribution in [0.1, 0.15) is 22.3 Å². The average molecular weight is 720 g/mol. The average Bonchev–Trinajstić information content (AvgIpc) is 3.58. The first-order valence-electron chi connectivity index (χ1n) is 19.2. The summed E-state index contributed by atoms with van der Waals surface area (Å²) in [5.74, 6) is 0. The summed E-state index contributed by atoms with van der Waals surface area (Å²) in [4.78, 5) is 2.72. The number of benzene rings is 9. The van der Waals surface area contributed by atoms with E-state index in [9.17, 15) is 0 Å². The Balaban J connectivity index is 1.08. The van der Waals surface area contributed by atoms with Crippen molar-refractivity contribution in [3.63, 3.8) is 0 Å². The molecule has 2 heterocycles. The Kier molecular flexibility index (Phi) is 7.53. The highest BCUT2D eigenvalue weighted by molar-refractivity contribution is 7.99. The lowest BCUT2D eigenvalue weighted by atomic mass is 9.64. The van der Waals surface area contributed by atoms with Gasteiger partial charge in [0.1, 0.15) is 0 Å². The number of fused-ring (bicyclic) bond motifs is 9. The minimum atomic E-state index is -0.307. The molecule has 0 spiro atoms. The molecule has 9 aromatic carbocycles. The molecule has 1 aromatic heterocycles. The van der Waals surface area contributed by atoms with Crippen LogP contribution in [0.5, 0.6) is 0 Å². The van der Waals surface area contributed by atoms with E-state index in [1.54, 1.807) is 0 Å². The minimum Gasteiger partial charge on any atom is -0.309 e. The molecule has 260 valence electrons. The monoisotopic (exact) mass is 719 g/mol. The molecule has 1 aliphatic rings. The van der Waals surface area contributed by atoms with E-state index in [0.29, 0.717) is 0 Å². The fraction of sp³-hybridized carbons (Fsp3) is 0.0566. The minimum absolute atomic E-state index is 0.307. The summed E-state index contributed by atoms with van der Waals surface area (Å²) in [5, 5.41) is 7.83. The Morgan fingerprint density at radius 1 is 0.382 bits per heavy atom. The Morgan fingerprint density at radius 3 is 1.55 bits per heavy atom. The molecule has 0 bridgehead atoms. The highest BCUT2D eigenvalue weighted by atomic mass is 32.2. The molecule has 0 radical (unpaired) electrons. The third-order valence-electron chi connectivity index (χ3n) is 11.8. The second-order valence-electron chi connectivity index (χ2n) is 15.0. The van der Waals surface area contributed by atoms with Crippen molar-refractivity contribution in [3.8, 4) is 16.8 Å². The topological polar surface area (TPSA) is 4.93 Å². The fourth-order valence-electron chi connectivity index (χ4n) is 9.44. The third-order valence-corrected chi connectivity index (χ3v) is 12.9. The molecular weight excluding hydrogens is 683 g/mol. The van der Waals surface area contributed by atoms with Crippen molar-refractivity contribution in [3.05, 3.63) is 222 Å². The van der Waals surface area contributed by atoms with Crippen molar-refractivity contribution in [2.45, 2.75) is 28.0 Å². The van der Waals surface area contributed by atoms with Gasteiger partial charge < -0.3 is 4.57 Å². The lowest BCUT2D eigenvalue weighted by molar-refractivity contribution is 0.494. The molecule has 0 amide bonds. The Labute approximate surface area is 325 Å². The summed E-state index contributed by atoms with van der Waals surface area (Å²) in [6, 6.07) is 74.4. The quantitative estimate of drug-likeness (QED) is 0.166. The van der Waals surface area contributed by atoms with Crippen molar-refractivity contribution < 1.29 is 0 Å². The molecular formula is C53H37NS. The van der Waals surface area contributed by atoms with Gasteiger partial charge in [-0.2, -0.15) is 0 Å². The van der Waals surface area contributed by atoms with Crippen LogP contribution in [-0.4, -0.2) is 4.57 Å². The Morgan fingerprint density at radius 2 is 0.891 bits per heavy atom. The molecule has 0 atom stereocenters. The highest BCUT2D eigenvalue weighted by Gasteiger charge is 2.43. The van der Waals surface area contributed by atoms with Crippen molar-refractivity contribution in [1.82, 2.24) is 4.57 Å². The van der Waals surface area contributed by atoms with E-state index in [4.69, 9.17) is 0 Å². The van der Waals surface area contributed by atoms with E-state index >= 15 is 0 Å². The molecule has 0 aliphatic carbocycles. The van der Waals surface area contributed by atoms with Crippen LogP contribution in [-0.2, 0) is 18.3 Å². The van der Waals surface area contributed by atoms with Crippen LogP contribution in [0.4, 0.5) is 0 Å². The third kappa shape index (κ3) is 5.24. The van der Waals surface area contributed by atoms with Crippen molar-refractivity contribution in [2.75, 3.05) is 0 Å². The second-order valence-corrected chi connectivity index (χ2v) is 16.0. The summed E-state index contributed by atoms with van der Waals surface area (Å²) in [6.45, 7) is 0. The van der Waals surface area contributed by atoms with E-state index in [1.807, 2.05) is 11.8 Å². The van der Waals surface area contributed by atoms with Gasteiger partial charge >= 0.3 is 0 Å². The van der Waals surface area contributed by atoms with Gasteiger partial charge in [0.2, 0.25) is 0 Å². The smallest absolute Gasteiger partial charge is 0.0541 e. The molecule has 0 unspecified atom stereocenters. The van der Waals surface area contributed by atoms with E-state index in [1.165, 1.54) is 92.2 Å². The van der Waals surface area contributed by atoms with Crippen LogP contribution >= 0.6 is 11.8 Å². The van der Waals surface area contributed by atoms with Gasteiger partial charge in [0, 0.05) is 31.7 Å². The van der Waals surface area contributed by atoms with E-state index < -0.39 is 0 Å². The second kappa shape index (κ2) is 12.9. The normalized spacial score (nSPS) is 13.3. The maximum atomic E-state index is 2.39. The van der Waals surface area contributed by atoms with Gasteiger partial charge in [-0.05, 0) is 110 Å². The Hall–Kier alpha value is -6.35. The number of para-hydroxylation sites is 2. The molecule has 2 heteroatoms. The van der Waals surface area contributed by atoms with Gasteiger partial charge in [0.15, 0.2) is 0 Å². The standard InChI is InChI=1S/C53H37NS/c1-3-13-36(14-4-1)34-53(51-43-19-9-7-15-39(43)28-31-49(51)55-50-32-29-40-16-8-10-20-44(40)52(50)53)35-37-23-25-38(26-24-37)41-27-30-48-46(33-41)45-21-11-12-22-47(45)54(48)42-17-5-2-6-18-42/h1-33H,34-35H2. The summed E-state index contributed by atoms with van der Waals surface area (Å²) >= 11 is 1.94. The van der Waals surface area contributed by atoms with Crippen LogP contribution < -0.4 is 0 Å². The first-order valence-corrected chi connectivity index (χ1v) is 20.0. The molecule has 1 aliphatic heterocycles. The largest absolute Gasteiger partial charge is 0.309 e. The predicted molar refractivity (Wildman–Crippen MR) is 233 cm³/mol. The SMILES string of the molecule is c1ccc(CC2(Cc3ccc(-c4ccc5c(c4)c4ccccc4n5-c4ccccc4)cc3)c3c(ccc4ccccc34)Sc3ccc4ccccc4c32)cc1. The van der Waals surface area contributed by atoms with Crippen molar-refractivity contribution in [2.24, 2.45) is 0 Å². The van der Waals surface area contributed by atoms with E-state index in [-0.39, 0.29) is 5.41 Å². The fourth-order valence-corrected chi connectivity index (χ4v) is 10.8. The van der Waals surface area contributed by atoms with Crippen LogP contribution in [0.25, 0.3) is 60.2 Å². The van der Waals surface area contributed by atoms with Crippen LogP contribution in [0.15, 0.2) is 210 Å². The molecule has 11 rings (SSSR count). The van der Waals surface area contributed by atoms with Gasteiger partial charge in [-0.1, -0.05) is 169 Å².